The van der Waals surface area contributed by atoms with Gasteiger partial charge >= 0.3 is 0 Å². The number of benzene rings is 1. The predicted octanol–water partition coefficient (Wildman–Crippen LogP) is 2.62. The molecule has 1 fully saturated rings. The van der Waals surface area contributed by atoms with Crippen molar-refractivity contribution in [2.45, 2.75) is 37.6 Å². The van der Waals surface area contributed by atoms with E-state index < -0.39 is 0 Å². The Morgan fingerprint density at radius 3 is 2.75 bits per heavy atom. The van der Waals surface area contributed by atoms with Crippen LogP contribution in [0, 0.1) is 12.8 Å². The van der Waals surface area contributed by atoms with Crippen LogP contribution in [0.3, 0.4) is 0 Å². The predicted molar refractivity (Wildman–Crippen MR) is 92.4 cm³/mol. The average molecular weight is 327 g/mol. The number of carbonyl (C=O) groups is 1. The van der Waals surface area contributed by atoms with E-state index in [4.69, 9.17) is 9.47 Å². The summed E-state index contributed by atoms with van der Waals surface area (Å²) in [6.07, 6.45) is 4.67. The second-order valence-electron chi connectivity index (χ2n) is 7.45. The van der Waals surface area contributed by atoms with Gasteiger partial charge in [0.05, 0.1) is 14.2 Å². The van der Waals surface area contributed by atoms with Gasteiger partial charge in [-0.3, -0.25) is 4.79 Å². The van der Waals surface area contributed by atoms with Gasteiger partial charge in [-0.15, -0.1) is 0 Å². The fourth-order valence-electron chi connectivity index (χ4n) is 5.36. The normalized spacial score (nSPS) is 31.8. The molecule has 1 aromatic rings. The minimum Gasteiger partial charge on any atom is -0.496 e. The summed E-state index contributed by atoms with van der Waals surface area (Å²) in [6.45, 7) is 3.17. The number of Topliss-reactive ketones (excluding diaryl/α,β-unsaturated/α-hetero) is 1. The van der Waals surface area contributed by atoms with Crippen LogP contribution < -0.4 is 4.74 Å². The standard InChI is InChI=1S/C20H25NO3/c1-12-17(23-3)6-5-13-9-15-14-10-18(24-4)16(22)11-20(14,19(12)13)7-8-21(15)2/h5-6,10,14-15H,7-9,11H2,1-4H3/t14?,15-,20+/m0/s1. The van der Waals surface area contributed by atoms with Crippen molar-refractivity contribution in [3.05, 3.63) is 40.7 Å². The van der Waals surface area contributed by atoms with Crippen LogP contribution in [0.2, 0.25) is 0 Å². The Bertz CT molecular complexity index is 739. The minimum absolute atomic E-state index is 0.109. The summed E-state index contributed by atoms with van der Waals surface area (Å²) in [6, 6.07) is 4.70. The molecule has 4 heteroatoms. The van der Waals surface area contributed by atoms with E-state index in [0.29, 0.717) is 24.1 Å². The van der Waals surface area contributed by atoms with Gasteiger partial charge in [0.25, 0.3) is 0 Å². The number of rotatable bonds is 2. The van der Waals surface area contributed by atoms with E-state index in [0.717, 1.165) is 25.1 Å². The van der Waals surface area contributed by atoms with Gasteiger partial charge in [0, 0.05) is 23.8 Å². The molecule has 1 saturated heterocycles. The van der Waals surface area contributed by atoms with Gasteiger partial charge in [-0.2, -0.15) is 0 Å². The maximum atomic E-state index is 12.7. The van der Waals surface area contributed by atoms with Gasteiger partial charge in [0.1, 0.15) is 5.75 Å². The van der Waals surface area contributed by atoms with Crippen LogP contribution in [-0.2, 0) is 21.4 Å². The molecule has 128 valence electrons. The van der Waals surface area contributed by atoms with Crippen molar-refractivity contribution in [1.29, 1.82) is 0 Å². The third kappa shape index (κ3) is 1.92. The molecule has 24 heavy (non-hydrogen) atoms. The van der Waals surface area contributed by atoms with Crippen molar-refractivity contribution in [2.24, 2.45) is 5.92 Å². The second kappa shape index (κ2) is 5.35. The highest BCUT2D eigenvalue weighted by Crippen LogP contribution is 2.55. The summed E-state index contributed by atoms with van der Waals surface area (Å²) in [5, 5.41) is 0. The number of likely N-dealkylation sites (N-methyl/N-ethyl adjacent to an activating group) is 1. The number of methoxy groups -OCH3 is 2. The van der Waals surface area contributed by atoms with Gasteiger partial charge in [-0.05, 0) is 62.2 Å². The Labute approximate surface area is 143 Å². The first-order valence-corrected chi connectivity index (χ1v) is 8.68. The molecule has 4 rings (SSSR count). The van der Waals surface area contributed by atoms with E-state index in [1.54, 1.807) is 14.2 Å². The molecular formula is C20H25NO3. The molecule has 0 amide bonds. The Morgan fingerprint density at radius 1 is 1.25 bits per heavy atom. The average Bonchev–Trinajstić information content (AvgIpc) is 2.57. The zero-order valence-electron chi connectivity index (χ0n) is 14.9. The molecule has 4 nitrogen and oxygen atoms in total. The first-order chi connectivity index (χ1) is 11.5. The largest absolute Gasteiger partial charge is 0.496 e. The van der Waals surface area contributed by atoms with Crippen LogP contribution in [0.5, 0.6) is 5.75 Å². The summed E-state index contributed by atoms with van der Waals surface area (Å²) in [5.41, 5.74) is 3.83. The van der Waals surface area contributed by atoms with Crippen molar-refractivity contribution in [3.63, 3.8) is 0 Å². The highest BCUT2D eigenvalue weighted by Gasteiger charge is 2.55. The van der Waals surface area contributed by atoms with Crippen molar-refractivity contribution >= 4 is 5.78 Å². The molecule has 1 aliphatic heterocycles. The van der Waals surface area contributed by atoms with Gasteiger partial charge in [0.15, 0.2) is 11.5 Å². The number of carbonyl (C=O) groups excluding carboxylic acids is 1. The van der Waals surface area contributed by atoms with Crippen LogP contribution >= 0.6 is 0 Å². The topological polar surface area (TPSA) is 38.8 Å². The van der Waals surface area contributed by atoms with E-state index in [2.05, 4.69) is 37.1 Å². The molecule has 0 spiro atoms. The second-order valence-corrected chi connectivity index (χ2v) is 7.45. The Kier molecular flexibility index (Phi) is 3.50. The molecule has 0 saturated carbocycles. The van der Waals surface area contributed by atoms with Crippen LogP contribution in [0.25, 0.3) is 0 Å². The van der Waals surface area contributed by atoms with Crippen molar-refractivity contribution < 1.29 is 14.3 Å². The molecule has 1 heterocycles. The fourth-order valence-corrected chi connectivity index (χ4v) is 5.36. The first-order valence-electron chi connectivity index (χ1n) is 8.68. The minimum atomic E-state index is -0.109. The molecule has 3 aliphatic rings. The van der Waals surface area contributed by atoms with E-state index in [-0.39, 0.29) is 11.2 Å². The number of piperidine rings is 1. The summed E-state index contributed by atoms with van der Waals surface area (Å²) >= 11 is 0. The van der Waals surface area contributed by atoms with E-state index in [1.165, 1.54) is 16.7 Å². The van der Waals surface area contributed by atoms with Crippen LogP contribution in [0.1, 0.15) is 29.5 Å². The third-order valence-corrected chi connectivity index (χ3v) is 6.48. The maximum absolute atomic E-state index is 12.7. The SMILES string of the molecule is COC1=CC2[C@@H]3Cc4ccc(OC)c(C)c4[C@]2(CCN3C)CC1=O. The van der Waals surface area contributed by atoms with Crippen molar-refractivity contribution in [1.82, 2.24) is 4.90 Å². The molecule has 2 bridgehead atoms. The number of fused-ring (bicyclic) bond motifs is 1. The van der Waals surface area contributed by atoms with E-state index >= 15 is 0 Å². The number of likely N-dealkylation sites (tertiary alicyclic amines) is 1. The quantitative estimate of drug-likeness (QED) is 0.837. The smallest absolute Gasteiger partial charge is 0.197 e. The number of nitrogens with zero attached hydrogens (tertiary/aromatic N) is 1. The number of hydrogen-bond donors (Lipinski definition) is 0. The lowest BCUT2D eigenvalue weighted by Crippen LogP contribution is -2.60. The lowest BCUT2D eigenvalue weighted by atomic mass is 9.53. The zero-order chi connectivity index (χ0) is 17.1. The molecule has 0 N–H and O–H groups in total. The lowest BCUT2D eigenvalue weighted by molar-refractivity contribution is -0.122. The lowest BCUT2D eigenvalue weighted by Gasteiger charge is -2.57. The molecule has 0 radical (unpaired) electrons. The first kappa shape index (κ1) is 15.7. The monoisotopic (exact) mass is 327 g/mol. The van der Waals surface area contributed by atoms with Crippen LogP contribution in [-0.4, -0.2) is 44.5 Å². The molecule has 2 aliphatic carbocycles. The summed E-state index contributed by atoms with van der Waals surface area (Å²) in [7, 11) is 5.53. The Morgan fingerprint density at radius 2 is 2.04 bits per heavy atom. The van der Waals surface area contributed by atoms with Crippen molar-refractivity contribution in [2.75, 3.05) is 27.8 Å². The summed E-state index contributed by atoms with van der Waals surface area (Å²) in [5.74, 6) is 1.92. The number of hydrogen-bond acceptors (Lipinski definition) is 4. The van der Waals surface area contributed by atoms with E-state index in [1.807, 2.05) is 0 Å². The molecule has 0 aromatic heterocycles. The highest BCUT2D eigenvalue weighted by atomic mass is 16.5. The summed E-state index contributed by atoms with van der Waals surface area (Å²) < 4.78 is 11.0. The highest BCUT2D eigenvalue weighted by molar-refractivity contribution is 5.96. The summed E-state index contributed by atoms with van der Waals surface area (Å²) in [4.78, 5) is 15.1. The van der Waals surface area contributed by atoms with Crippen LogP contribution in [0.15, 0.2) is 24.0 Å². The van der Waals surface area contributed by atoms with Gasteiger partial charge in [-0.25, -0.2) is 0 Å². The van der Waals surface area contributed by atoms with Crippen LogP contribution in [0.4, 0.5) is 0 Å². The number of ether oxygens (including phenoxy) is 2. The molecular weight excluding hydrogens is 302 g/mol. The zero-order valence-corrected chi connectivity index (χ0v) is 14.9. The maximum Gasteiger partial charge on any atom is 0.197 e. The van der Waals surface area contributed by atoms with Gasteiger partial charge < -0.3 is 14.4 Å². The van der Waals surface area contributed by atoms with Gasteiger partial charge in [-0.1, -0.05) is 6.07 Å². The Balaban J connectivity index is 1.97. The number of ketones is 1. The van der Waals surface area contributed by atoms with Gasteiger partial charge in [0.2, 0.25) is 0 Å². The third-order valence-electron chi connectivity index (χ3n) is 6.48. The molecule has 1 unspecified atom stereocenters. The fraction of sp³-hybridized carbons (Fsp3) is 0.550. The molecule has 1 aromatic carbocycles. The molecule has 3 atom stereocenters. The Hall–Kier alpha value is -1.81. The van der Waals surface area contributed by atoms with E-state index in [9.17, 15) is 4.79 Å². The van der Waals surface area contributed by atoms with Crippen molar-refractivity contribution in [3.8, 4) is 5.75 Å². The number of allylic oxidation sites excluding steroid dienone is 1.